The Morgan fingerprint density at radius 2 is 1.90 bits per heavy atom. The Hall–Kier alpha value is -0.950. The highest BCUT2D eigenvalue weighted by molar-refractivity contribution is 7.89. The minimum absolute atomic E-state index is 0.167. The maximum absolute atomic E-state index is 12.3. The highest BCUT2D eigenvalue weighted by atomic mass is 32.2. The van der Waals surface area contributed by atoms with Gasteiger partial charge in [-0.25, -0.2) is 13.1 Å². The summed E-state index contributed by atoms with van der Waals surface area (Å²) in [6.45, 7) is 7.06. The monoisotopic (exact) mass is 315 g/mol. The van der Waals surface area contributed by atoms with Gasteiger partial charge in [-0.2, -0.15) is 0 Å². The van der Waals surface area contributed by atoms with Crippen molar-refractivity contribution in [1.29, 1.82) is 0 Å². The predicted molar refractivity (Wildman–Crippen MR) is 82.8 cm³/mol. The maximum Gasteiger partial charge on any atom is 0.240 e. The van der Waals surface area contributed by atoms with Crippen LogP contribution in [0.4, 0.5) is 0 Å². The van der Waals surface area contributed by atoms with Crippen molar-refractivity contribution < 1.29 is 18.3 Å². The lowest BCUT2D eigenvalue weighted by molar-refractivity contribution is 0.133. The second kappa shape index (κ2) is 8.48. The maximum atomic E-state index is 12.3. The number of ether oxygens (including phenoxy) is 1. The molecule has 0 aromatic heterocycles. The Balaban J connectivity index is 2.70. The molecular formula is C15H25NO4S. The van der Waals surface area contributed by atoms with E-state index in [1.165, 1.54) is 0 Å². The number of aryl methyl sites for hydroxylation is 2. The Bertz CT molecular complexity index is 555. The van der Waals surface area contributed by atoms with Crippen LogP contribution in [0.1, 0.15) is 36.5 Å². The van der Waals surface area contributed by atoms with Gasteiger partial charge in [0, 0.05) is 19.8 Å². The lowest BCUT2D eigenvalue weighted by Gasteiger charge is -2.12. The third-order valence-electron chi connectivity index (χ3n) is 3.20. The predicted octanol–water partition coefficient (Wildman–Crippen LogP) is 1.89. The fourth-order valence-corrected chi connectivity index (χ4v) is 3.39. The average molecular weight is 315 g/mol. The molecule has 0 unspecified atom stereocenters. The zero-order valence-corrected chi connectivity index (χ0v) is 13.8. The Kier molecular flexibility index (Phi) is 7.31. The summed E-state index contributed by atoms with van der Waals surface area (Å²) >= 11 is 0. The van der Waals surface area contributed by atoms with Crippen molar-refractivity contribution in [1.82, 2.24) is 4.72 Å². The zero-order valence-electron chi connectivity index (χ0n) is 13.0. The van der Waals surface area contributed by atoms with E-state index in [2.05, 4.69) is 4.72 Å². The lowest BCUT2D eigenvalue weighted by Crippen LogP contribution is -2.26. The Labute approximate surface area is 127 Å². The standard InChI is InChI=1S/C15H25NO4S/c1-4-7-20-8-5-6-16-21(18,19)15-10-14(11-17)12(2)9-13(15)3/h9-10,16-17H,4-8,11H2,1-3H3. The Morgan fingerprint density at radius 1 is 1.19 bits per heavy atom. The number of aliphatic hydroxyl groups is 1. The van der Waals surface area contributed by atoms with Crippen LogP contribution in [-0.4, -0.2) is 33.3 Å². The van der Waals surface area contributed by atoms with Gasteiger partial charge in [-0.1, -0.05) is 13.0 Å². The number of benzene rings is 1. The number of aliphatic hydroxyl groups excluding tert-OH is 1. The first kappa shape index (κ1) is 18.1. The molecule has 0 radical (unpaired) electrons. The number of hydrogen-bond acceptors (Lipinski definition) is 4. The highest BCUT2D eigenvalue weighted by Crippen LogP contribution is 2.20. The van der Waals surface area contributed by atoms with Gasteiger partial charge in [0.25, 0.3) is 0 Å². The quantitative estimate of drug-likeness (QED) is 0.682. The summed E-state index contributed by atoms with van der Waals surface area (Å²) in [5.41, 5.74) is 2.20. The largest absolute Gasteiger partial charge is 0.392 e. The molecule has 0 amide bonds. The molecule has 0 saturated carbocycles. The van der Waals surface area contributed by atoms with E-state index in [-0.39, 0.29) is 11.5 Å². The van der Waals surface area contributed by atoms with Gasteiger partial charge in [0.05, 0.1) is 11.5 Å². The number of nitrogens with one attached hydrogen (secondary N) is 1. The SMILES string of the molecule is CCCOCCCNS(=O)(=O)c1cc(CO)c(C)cc1C. The fraction of sp³-hybridized carbons (Fsp3) is 0.600. The molecule has 0 aliphatic carbocycles. The molecule has 0 saturated heterocycles. The molecule has 1 rings (SSSR count). The van der Waals surface area contributed by atoms with Crippen LogP contribution in [0, 0.1) is 13.8 Å². The smallest absolute Gasteiger partial charge is 0.240 e. The lowest BCUT2D eigenvalue weighted by atomic mass is 10.1. The molecule has 2 N–H and O–H groups in total. The second-order valence-corrected chi connectivity index (χ2v) is 6.80. The van der Waals surface area contributed by atoms with Gasteiger partial charge in [-0.05, 0) is 49.4 Å². The number of hydrogen-bond donors (Lipinski definition) is 2. The molecule has 0 atom stereocenters. The van der Waals surface area contributed by atoms with Gasteiger partial charge >= 0.3 is 0 Å². The molecule has 0 heterocycles. The molecule has 0 spiro atoms. The summed E-state index contributed by atoms with van der Waals surface area (Å²) in [4.78, 5) is 0.228. The van der Waals surface area contributed by atoms with Crippen LogP contribution >= 0.6 is 0 Å². The van der Waals surface area contributed by atoms with E-state index in [1.54, 1.807) is 19.1 Å². The molecule has 0 fully saturated rings. The van der Waals surface area contributed by atoms with Gasteiger partial charge in [0.2, 0.25) is 10.0 Å². The van der Waals surface area contributed by atoms with E-state index in [0.29, 0.717) is 37.3 Å². The third-order valence-corrected chi connectivity index (χ3v) is 4.80. The molecule has 0 bridgehead atoms. The van der Waals surface area contributed by atoms with Crippen LogP contribution in [0.3, 0.4) is 0 Å². The molecule has 6 heteroatoms. The van der Waals surface area contributed by atoms with Crippen molar-refractivity contribution >= 4 is 10.0 Å². The minimum atomic E-state index is -3.55. The van der Waals surface area contributed by atoms with Crippen molar-refractivity contribution in [2.24, 2.45) is 0 Å². The third kappa shape index (κ3) is 5.39. The summed E-state index contributed by atoms with van der Waals surface area (Å²) in [6, 6.07) is 3.32. The van der Waals surface area contributed by atoms with E-state index in [4.69, 9.17) is 4.74 Å². The van der Waals surface area contributed by atoms with Crippen LogP contribution in [0.5, 0.6) is 0 Å². The normalized spacial score (nSPS) is 11.8. The summed E-state index contributed by atoms with van der Waals surface area (Å²) in [7, 11) is -3.55. The highest BCUT2D eigenvalue weighted by Gasteiger charge is 2.17. The minimum Gasteiger partial charge on any atom is -0.392 e. The van der Waals surface area contributed by atoms with E-state index in [0.717, 1.165) is 12.0 Å². The van der Waals surface area contributed by atoms with Crippen molar-refractivity contribution in [3.05, 3.63) is 28.8 Å². The summed E-state index contributed by atoms with van der Waals surface area (Å²) < 4.78 is 32.5. The summed E-state index contributed by atoms with van der Waals surface area (Å²) in [5.74, 6) is 0. The summed E-state index contributed by atoms with van der Waals surface area (Å²) in [5, 5.41) is 9.26. The van der Waals surface area contributed by atoms with E-state index in [9.17, 15) is 13.5 Å². The average Bonchev–Trinajstić information content (AvgIpc) is 2.42. The number of rotatable bonds is 9. The van der Waals surface area contributed by atoms with Crippen molar-refractivity contribution in [2.45, 2.75) is 45.1 Å². The Morgan fingerprint density at radius 3 is 2.52 bits per heavy atom. The van der Waals surface area contributed by atoms with E-state index >= 15 is 0 Å². The van der Waals surface area contributed by atoms with Crippen LogP contribution < -0.4 is 4.72 Å². The van der Waals surface area contributed by atoms with Crippen LogP contribution in [-0.2, 0) is 21.4 Å². The van der Waals surface area contributed by atoms with Gasteiger partial charge in [-0.15, -0.1) is 0 Å². The van der Waals surface area contributed by atoms with Crippen molar-refractivity contribution in [3.8, 4) is 0 Å². The van der Waals surface area contributed by atoms with Crippen LogP contribution in [0.25, 0.3) is 0 Å². The first-order valence-electron chi connectivity index (χ1n) is 7.20. The molecule has 1 aromatic rings. The molecule has 5 nitrogen and oxygen atoms in total. The van der Waals surface area contributed by atoms with Crippen molar-refractivity contribution in [2.75, 3.05) is 19.8 Å². The van der Waals surface area contributed by atoms with Gasteiger partial charge in [0.1, 0.15) is 0 Å². The molecule has 0 aliphatic rings. The van der Waals surface area contributed by atoms with E-state index < -0.39 is 10.0 Å². The first-order valence-corrected chi connectivity index (χ1v) is 8.69. The second-order valence-electron chi connectivity index (χ2n) is 5.07. The number of sulfonamides is 1. The van der Waals surface area contributed by atoms with Gasteiger partial charge < -0.3 is 9.84 Å². The fourth-order valence-electron chi connectivity index (χ4n) is 2.04. The molecule has 120 valence electrons. The van der Waals surface area contributed by atoms with Gasteiger partial charge in [0.15, 0.2) is 0 Å². The topological polar surface area (TPSA) is 75.6 Å². The van der Waals surface area contributed by atoms with Gasteiger partial charge in [-0.3, -0.25) is 0 Å². The van der Waals surface area contributed by atoms with Crippen LogP contribution in [0.15, 0.2) is 17.0 Å². The molecule has 1 aromatic carbocycles. The van der Waals surface area contributed by atoms with E-state index in [1.807, 2.05) is 13.8 Å². The van der Waals surface area contributed by atoms with Crippen LogP contribution in [0.2, 0.25) is 0 Å². The molecule has 21 heavy (non-hydrogen) atoms. The van der Waals surface area contributed by atoms with Crippen molar-refractivity contribution in [3.63, 3.8) is 0 Å². The molecule has 0 aliphatic heterocycles. The molecular weight excluding hydrogens is 290 g/mol. The summed E-state index contributed by atoms with van der Waals surface area (Å²) in [6.07, 6.45) is 1.59. The first-order chi connectivity index (χ1) is 9.92. The zero-order chi connectivity index (χ0) is 15.9.